The minimum Gasteiger partial charge on any atom is -0.0675 e. The molecule has 0 N–H and O–H groups in total. The zero-order valence-corrected chi connectivity index (χ0v) is 11.1. The molecule has 2 rings (SSSR count). The monoisotopic (exact) mass is 236 g/mol. The second-order valence-electron chi connectivity index (χ2n) is 3.29. The Bertz CT molecular complexity index is 422. The standard InChI is InChI=1S/C12H8Si3/c13-9-3-1-5-11(7-9)15-12-6-2-4-10(14)8-12/h1-8H. The molecule has 8 radical (unpaired) electrons. The van der Waals surface area contributed by atoms with Crippen LogP contribution in [0.15, 0.2) is 48.5 Å². The van der Waals surface area contributed by atoms with E-state index in [2.05, 4.69) is 56.9 Å². The Kier molecular flexibility index (Phi) is 3.35. The molecule has 0 fully saturated rings. The molecule has 2 aromatic carbocycles. The molecule has 15 heavy (non-hydrogen) atoms. The van der Waals surface area contributed by atoms with Gasteiger partial charge in [0.25, 0.3) is 0 Å². The Morgan fingerprint density at radius 2 is 1.20 bits per heavy atom. The molecule has 0 bridgehead atoms. The molecule has 0 aromatic heterocycles. The normalized spacial score (nSPS) is 10.3. The first-order valence-corrected chi connectivity index (χ1v) is 6.64. The van der Waals surface area contributed by atoms with Crippen LogP contribution in [0.1, 0.15) is 0 Å². The quantitative estimate of drug-likeness (QED) is 0.583. The first-order valence-electron chi connectivity index (χ1n) is 4.64. The Labute approximate surface area is 99.4 Å². The molecule has 0 spiro atoms. The van der Waals surface area contributed by atoms with Crippen LogP contribution in [-0.4, -0.2) is 30.0 Å². The van der Waals surface area contributed by atoms with Gasteiger partial charge in [0, 0.05) is 0 Å². The van der Waals surface area contributed by atoms with Crippen LogP contribution in [-0.2, 0) is 0 Å². The molecule has 0 saturated carbocycles. The van der Waals surface area contributed by atoms with Crippen molar-refractivity contribution >= 4 is 50.8 Å². The smallest absolute Gasteiger partial charge is 0.0675 e. The van der Waals surface area contributed by atoms with Gasteiger partial charge in [-0.25, -0.2) is 0 Å². The fourth-order valence-corrected chi connectivity index (χ4v) is 3.30. The van der Waals surface area contributed by atoms with E-state index >= 15 is 0 Å². The highest BCUT2D eigenvalue weighted by atomic mass is 28.2. The van der Waals surface area contributed by atoms with Gasteiger partial charge in [0.2, 0.25) is 0 Å². The molecular weight excluding hydrogens is 228 g/mol. The molecule has 0 aliphatic heterocycles. The van der Waals surface area contributed by atoms with Crippen molar-refractivity contribution in [1.29, 1.82) is 0 Å². The van der Waals surface area contributed by atoms with Crippen molar-refractivity contribution in [2.45, 2.75) is 0 Å². The molecule has 0 amide bonds. The molecule has 68 valence electrons. The summed E-state index contributed by atoms with van der Waals surface area (Å²) in [6.45, 7) is 0. The van der Waals surface area contributed by atoms with E-state index in [1.807, 2.05) is 12.1 Å². The van der Waals surface area contributed by atoms with E-state index in [0.717, 1.165) is 10.4 Å². The summed E-state index contributed by atoms with van der Waals surface area (Å²) in [5.41, 5.74) is 0. The summed E-state index contributed by atoms with van der Waals surface area (Å²) < 4.78 is 0. The predicted octanol–water partition coefficient (Wildman–Crippen LogP) is -1.07. The zero-order chi connectivity index (χ0) is 10.7. The van der Waals surface area contributed by atoms with Gasteiger partial charge in [-0.1, -0.05) is 69.3 Å². The van der Waals surface area contributed by atoms with Crippen molar-refractivity contribution < 1.29 is 0 Å². The number of hydrogen-bond donors (Lipinski definition) is 0. The zero-order valence-electron chi connectivity index (χ0n) is 8.12. The summed E-state index contributed by atoms with van der Waals surface area (Å²) in [6.07, 6.45) is 0. The van der Waals surface area contributed by atoms with Crippen molar-refractivity contribution in [3.63, 3.8) is 0 Å². The molecule has 0 heterocycles. The van der Waals surface area contributed by atoms with Gasteiger partial charge in [-0.2, -0.15) is 0 Å². The molecule has 0 nitrogen and oxygen atoms in total. The van der Waals surface area contributed by atoms with Crippen molar-refractivity contribution in [2.75, 3.05) is 0 Å². The Balaban J connectivity index is 2.22. The molecule has 3 heteroatoms. The average Bonchev–Trinajstić information content (AvgIpc) is 2.17. The minimum atomic E-state index is 0.707. The summed E-state index contributed by atoms with van der Waals surface area (Å²) in [5.74, 6) is 0. The predicted molar refractivity (Wildman–Crippen MR) is 68.7 cm³/mol. The lowest BCUT2D eigenvalue weighted by molar-refractivity contribution is 1.81. The van der Waals surface area contributed by atoms with Crippen molar-refractivity contribution in [3.05, 3.63) is 48.5 Å². The van der Waals surface area contributed by atoms with Gasteiger partial charge >= 0.3 is 0 Å². The Morgan fingerprint density at radius 3 is 1.60 bits per heavy atom. The molecule has 0 aliphatic rings. The lowest BCUT2D eigenvalue weighted by Crippen LogP contribution is -2.30. The highest BCUT2D eigenvalue weighted by Gasteiger charge is 1.98. The topological polar surface area (TPSA) is 0 Å². The summed E-state index contributed by atoms with van der Waals surface area (Å²) in [7, 11) is 7.78. The van der Waals surface area contributed by atoms with Crippen LogP contribution in [0.25, 0.3) is 0 Å². The summed E-state index contributed by atoms with van der Waals surface area (Å²) >= 11 is 0. The van der Waals surface area contributed by atoms with E-state index < -0.39 is 0 Å². The van der Waals surface area contributed by atoms with Gasteiger partial charge in [-0.15, -0.1) is 0 Å². The number of benzene rings is 2. The maximum absolute atomic E-state index is 3.53. The van der Waals surface area contributed by atoms with Gasteiger partial charge in [-0.3, -0.25) is 0 Å². The summed E-state index contributed by atoms with van der Waals surface area (Å²) in [5, 5.41) is 4.96. The maximum atomic E-state index is 3.53. The van der Waals surface area contributed by atoms with E-state index in [1.165, 1.54) is 10.4 Å². The summed E-state index contributed by atoms with van der Waals surface area (Å²) in [4.78, 5) is 0. The molecule has 0 atom stereocenters. The largest absolute Gasteiger partial charge is 0.121 e. The van der Waals surface area contributed by atoms with Crippen LogP contribution in [0.2, 0.25) is 0 Å². The van der Waals surface area contributed by atoms with Gasteiger partial charge in [0.05, 0.1) is 20.5 Å². The van der Waals surface area contributed by atoms with Crippen LogP contribution in [0.4, 0.5) is 0 Å². The first kappa shape index (κ1) is 10.6. The van der Waals surface area contributed by atoms with Crippen LogP contribution in [0, 0.1) is 0 Å². The second-order valence-corrected chi connectivity index (χ2v) is 5.85. The van der Waals surface area contributed by atoms with Crippen LogP contribution in [0.5, 0.6) is 0 Å². The molecular formula is C12H8Si3. The highest BCUT2D eigenvalue weighted by Crippen LogP contribution is 1.81. The summed E-state index contributed by atoms with van der Waals surface area (Å²) in [6, 6.07) is 16.9. The van der Waals surface area contributed by atoms with Gasteiger partial charge < -0.3 is 0 Å². The minimum absolute atomic E-state index is 0.707. The van der Waals surface area contributed by atoms with E-state index in [4.69, 9.17) is 0 Å². The van der Waals surface area contributed by atoms with E-state index in [1.54, 1.807) is 0 Å². The first-order chi connectivity index (χ1) is 7.24. The lowest BCUT2D eigenvalue weighted by Gasteiger charge is -2.02. The Morgan fingerprint density at radius 1 is 0.733 bits per heavy atom. The van der Waals surface area contributed by atoms with Gasteiger partial charge in [0.1, 0.15) is 9.52 Å². The van der Waals surface area contributed by atoms with Crippen molar-refractivity contribution in [3.8, 4) is 0 Å². The van der Waals surface area contributed by atoms with Crippen LogP contribution >= 0.6 is 0 Å². The molecule has 0 saturated heterocycles. The molecule has 0 unspecified atom stereocenters. The lowest BCUT2D eigenvalue weighted by atomic mass is 10.3. The van der Waals surface area contributed by atoms with E-state index in [9.17, 15) is 0 Å². The molecule has 2 aromatic rings. The van der Waals surface area contributed by atoms with Crippen molar-refractivity contribution in [1.82, 2.24) is 0 Å². The third-order valence-electron chi connectivity index (χ3n) is 2.01. The third kappa shape index (κ3) is 3.02. The van der Waals surface area contributed by atoms with E-state index in [-0.39, 0.29) is 0 Å². The number of rotatable bonds is 2. The van der Waals surface area contributed by atoms with Crippen molar-refractivity contribution in [2.24, 2.45) is 0 Å². The van der Waals surface area contributed by atoms with Gasteiger partial charge in [-0.05, 0) is 0 Å². The SMILES string of the molecule is [Si]c1cccc([Si]c2cccc([Si])c2)c1. The molecule has 0 aliphatic carbocycles. The second kappa shape index (κ2) is 4.74. The maximum Gasteiger partial charge on any atom is 0.121 e. The Hall–Kier alpha value is -0.909. The van der Waals surface area contributed by atoms with Gasteiger partial charge in [0.15, 0.2) is 0 Å². The fraction of sp³-hybridized carbons (Fsp3) is 0. The average molecular weight is 236 g/mol. The van der Waals surface area contributed by atoms with E-state index in [0.29, 0.717) is 9.52 Å². The fourth-order valence-electron chi connectivity index (χ4n) is 1.36. The highest BCUT2D eigenvalue weighted by molar-refractivity contribution is 6.68. The number of hydrogen-bond acceptors (Lipinski definition) is 0. The van der Waals surface area contributed by atoms with Crippen LogP contribution < -0.4 is 20.7 Å². The third-order valence-corrected chi connectivity index (χ3v) is 3.84. The van der Waals surface area contributed by atoms with Crippen LogP contribution in [0.3, 0.4) is 0 Å².